The first-order valence-electron chi connectivity index (χ1n) is 5.56. The van der Waals surface area contributed by atoms with Crippen LogP contribution in [0.25, 0.3) is 17.0 Å². The molecule has 0 spiro atoms. The summed E-state index contributed by atoms with van der Waals surface area (Å²) in [6, 6.07) is 5.70. The van der Waals surface area contributed by atoms with Crippen LogP contribution >= 0.6 is 0 Å². The number of hydrogen-bond donors (Lipinski definition) is 1. The molecule has 88 valence electrons. The Morgan fingerprint density at radius 1 is 1.41 bits per heavy atom. The smallest absolute Gasteiger partial charge is 0.211 e. The molecule has 0 saturated heterocycles. The van der Waals surface area contributed by atoms with Crippen LogP contribution in [0.5, 0.6) is 0 Å². The highest BCUT2D eigenvalue weighted by Crippen LogP contribution is 2.24. The van der Waals surface area contributed by atoms with Crippen molar-refractivity contribution < 1.29 is 9.21 Å². The van der Waals surface area contributed by atoms with E-state index >= 15 is 0 Å². The van der Waals surface area contributed by atoms with Gasteiger partial charge in [0.25, 0.3) is 0 Å². The first kappa shape index (κ1) is 11.6. The van der Waals surface area contributed by atoms with Gasteiger partial charge >= 0.3 is 0 Å². The van der Waals surface area contributed by atoms with E-state index in [-0.39, 0.29) is 12.3 Å². The van der Waals surface area contributed by atoms with Gasteiger partial charge in [-0.25, -0.2) is 0 Å². The summed E-state index contributed by atoms with van der Waals surface area (Å²) in [6.07, 6.45) is 3.99. The Kier molecular flexibility index (Phi) is 3.11. The highest BCUT2D eigenvalue weighted by Gasteiger charge is 2.11. The molecular weight excluding hydrogens is 214 g/mol. The second kappa shape index (κ2) is 4.55. The van der Waals surface area contributed by atoms with Crippen LogP contribution in [-0.4, -0.2) is 12.3 Å². The number of carbonyl (C=O) groups excluding carboxylic acids is 1. The zero-order valence-electron chi connectivity index (χ0n) is 9.99. The molecule has 2 aromatic rings. The minimum absolute atomic E-state index is 0.0273. The number of ketones is 1. The monoisotopic (exact) mass is 229 g/mol. The van der Waals surface area contributed by atoms with Crippen molar-refractivity contribution >= 4 is 22.8 Å². The molecule has 0 bridgehead atoms. The van der Waals surface area contributed by atoms with Gasteiger partial charge in [0.15, 0.2) is 5.76 Å². The quantitative estimate of drug-likeness (QED) is 0.823. The van der Waals surface area contributed by atoms with Gasteiger partial charge in [0, 0.05) is 5.39 Å². The molecule has 2 rings (SSSR count). The topological polar surface area (TPSA) is 56.2 Å². The summed E-state index contributed by atoms with van der Waals surface area (Å²) in [4.78, 5) is 11.4. The van der Waals surface area contributed by atoms with Crippen LogP contribution in [0.4, 0.5) is 0 Å². The van der Waals surface area contributed by atoms with Gasteiger partial charge in [-0.15, -0.1) is 0 Å². The Morgan fingerprint density at radius 2 is 2.18 bits per heavy atom. The van der Waals surface area contributed by atoms with Crippen molar-refractivity contribution in [1.29, 1.82) is 0 Å². The van der Waals surface area contributed by atoms with Crippen LogP contribution in [-0.2, 0) is 0 Å². The molecule has 0 atom stereocenters. The van der Waals surface area contributed by atoms with Gasteiger partial charge in [0.1, 0.15) is 5.58 Å². The number of rotatable bonds is 3. The molecule has 0 aliphatic rings. The van der Waals surface area contributed by atoms with Crippen LogP contribution in [0.3, 0.4) is 0 Å². The predicted octanol–water partition coefficient (Wildman–Crippen LogP) is 2.92. The van der Waals surface area contributed by atoms with E-state index in [0.717, 1.165) is 22.1 Å². The van der Waals surface area contributed by atoms with E-state index in [1.165, 1.54) is 0 Å². The molecule has 0 aliphatic heterocycles. The van der Waals surface area contributed by atoms with Gasteiger partial charge in [0.2, 0.25) is 5.78 Å². The Morgan fingerprint density at radius 3 is 2.82 bits per heavy atom. The van der Waals surface area contributed by atoms with Crippen LogP contribution in [0, 0.1) is 6.92 Å². The minimum Gasteiger partial charge on any atom is -0.453 e. The maximum absolute atomic E-state index is 11.4. The molecule has 0 aliphatic carbocycles. The third kappa shape index (κ3) is 2.15. The highest BCUT2D eigenvalue weighted by molar-refractivity contribution is 5.99. The van der Waals surface area contributed by atoms with Crippen molar-refractivity contribution in [3.05, 3.63) is 41.2 Å². The lowest BCUT2D eigenvalue weighted by Crippen LogP contribution is -2.12. The summed E-state index contributed by atoms with van der Waals surface area (Å²) in [6.45, 7) is 3.97. The average Bonchev–Trinajstić information content (AvgIpc) is 2.71. The van der Waals surface area contributed by atoms with Gasteiger partial charge in [-0.05, 0) is 43.2 Å². The first-order valence-corrected chi connectivity index (χ1v) is 5.56. The maximum Gasteiger partial charge on any atom is 0.211 e. The third-order valence-electron chi connectivity index (χ3n) is 2.71. The zero-order valence-corrected chi connectivity index (χ0v) is 9.99. The summed E-state index contributed by atoms with van der Waals surface area (Å²) in [5.41, 5.74) is 8.29. The molecule has 1 heterocycles. The summed E-state index contributed by atoms with van der Waals surface area (Å²) in [5, 5.41) is 0.938. The number of furan rings is 1. The summed E-state index contributed by atoms with van der Waals surface area (Å²) in [7, 11) is 0. The van der Waals surface area contributed by atoms with Crippen LogP contribution in [0.1, 0.15) is 28.6 Å². The summed E-state index contributed by atoms with van der Waals surface area (Å²) in [5.74, 6) is 0.158. The number of nitrogens with two attached hydrogens (primary N) is 1. The second-order valence-electron chi connectivity index (χ2n) is 3.98. The molecule has 3 nitrogen and oxygen atoms in total. The maximum atomic E-state index is 11.4. The number of aryl methyl sites for hydroxylation is 1. The van der Waals surface area contributed by atoms with E-state index in [2.05, 4.69) is 0 Å². The van der Waals surface area contributed by atoms with Crippen molar-refractivity contribution in [3.63, 3.8) is 0 Å². The van der Waals surface area contributed by atoms with E-state index in [4.69, 9.17) is 10.2 Å². The van der Waals surface area contributed by atoms with Gasteiger partial charge in [-0.1, -0.05) is 12.2 Å². The molecule has 1 aromatic carbocycles. The highest BCUT2D eigenvalue weighted by atomic mass is 16.3. The molecule has 0 amide bonds. The van der Waals surface area contributed by atoms with Gasteiger partial charge < -0.3 is 10.2 Å². The number of carbonyl (C=O) groups is 1. The standard InChI is InChI=1S/C14H15NO2/c1-3-4-10-6-13-11(5-9(10)2)7-14(17-13)12(16)8-15/h3-7H,8,15H2,1-2H3. The van der Waals surface area contributed by atoms with Crippen molar-refractivity contribution in [1.82, 2.24) is 0 Å². The van der Waals surface area contributed by atoms with Gasteiger partial charge in [-0.2, -0.15) is 0 Å². The number of fused-ring (bicyclic) bond motifs is 1. The lowest BCUT2D eigenvalue weighted by molar-refractivity contribution is 0.0977. The van der Waals surface area contributed by atoms with Crippen LogP contribution in [0.2, 0.25) is 0 Å². The normalized spacial score (nSPS) is 11.5. The number of allylic oxidation sites excluding steroid dienone is 1. The van der Waals surface area contributed by atoms with E-state index in [0.29, 0.717) is 5.76 Å². The number of hydrogen-bond acceptors (Lipinski definition) is 3. The fourth-order valence-electron chi connectivity index (χ4n) is 1.81. The summed E-state index contributed by atoms with van der Waals surface area (Å²) >= 11 is 0. The Balaban J connectivity index is 2.58. The number of Topliss-reactive ketones (excluding diaryl/α,β-unsaturated/α-hetero) is 1. The molecule has 0 saturated carbocycles. The van der Waals surface area contributed by atoms with E-state index < -0.39 is 0 Å². The first-order chi connectivity index (χ1) is 8.15. The summed E-state index contributed by atoms with van der Waals surface area (Å²) < 4.78 is 5.50. The molecule has 2 N–H and O–H groups in total. The van der Waals surface area contributed by atoms with Gasteiger partial charge in [-0.3, -0.25) is 4.79 Å². The fourth-order valence-corrected chi connectivity index (χ4v) is 1.81. The van der Waals surface area contributed by atoms with E-state index in [1.54, 1.807) is 6.07 Å². The van der Waals surface area contributed by atoms with Crippen molar-refractivity contribution in [2.45, 2.75) is 13.8 Å². The largest absolute Gasteiger partial charge is 0.453 e. The predicted molar refractivity (Wildman–Crippen MR) is 69.0 cm³/mol. The third-order valence-corrected chi connectivity index (χ3v) is 2.71. The van der Waals surface area contributed by atoms with Crippen molar-refractivity contribution in [2.75, 3.05) is 6.54 Å². The number of benzene rings is 1. The Bertz CT molecular complexity index is 594. The second-order valence-corrected chi connectivity index (χ2v) is 3.98. The SMILES string of the molecule is CC=Cc1cc2oc(C(=O)CN)cc2cc1C. The fraction of sp³-hybridized carbons (Fsp3) is 0.214. The molecule has 0 fully saturated rings. The zero-order chi connectivity index (χ0) is 12.4. The molecule has 0 unspecified atom stereocenters. The molecule has 3 heteroatoms. The van der Waals surface area contributed by atoms with Crippen LogP contribution < -0.4 is 5.73 Å². The molecule has 1 aromatic heterocycles. The molecule has 0 radical (unpaired) electrons. The molecular formula is C14H15NO2. The van der Waals surface area contributed by atoms with Gasteiger partial charge in [0.05, 0.1) is 6.54 Å². The van der Waals surface area contributed by atoms with E-state index in [1.807, 2.05) is 38.1 Å². The van der Waals surface area contributed by atoms with Crippen molar-refractivity contribution in [3.8, 4) is 0 Å². The lowest BCUT2D eigenvalue weighted by atomic mass is 10.1. The Labute approximate surface area is 99.9 Å². The minimum atomic E-state index is -0.175. The van der Waals surface area contributed by atoms with Crippen molar-refractivity contribution in [2.24, 2.45) is 5.73 Å². The Hall–Kier alpha value is -1.87. The van der Waals surface area contributed by atoms with Crippen LogP contribution in [0.15, 0.2) is 28.7 Å². The average molecular weight is 229 g/mol. The molecule has 17 heavy (non-hydrogen) atoms. The lowest BCUT2D eigenvalue weighted by Gasteiger charge is -1.99. The van der Waals surface area contributed by atoms with E-state index in [9.17, 15) is 4.79 Å².